The first-order valence-corrected chi connectivity index (χ1v) is 9.86. The Morgan fingerprint density at radius 1 is 1.00 bits per heavy atom. The Hall–Kier alpha value is -4.00. The second-order valence-corrected chi connectivity index (χ2v) is 7.44. The van der Waals surface area contributed by atoms with Gasteiger partial charge in [-0.05, 0) is 42.0 Å². The van der Waals surface area contributed by atoms with Crippen molar-refractivity contribution < 1.29 is 32.6 Å². The Balaban J connectivity index is 1.62. The first kappa shape index (κ1) is 19.9. The van der Waals surface area contributed by atoms with Crippen molar-refractivity contribution in [3.63, 3.8) is 0 Å². The summed E-state index contributed by atoms with van der Waals surface area (Å²) in [6.45, 7) is 0. The molecule has 0 bridgehead atoms. The number of benzene rings is 3. The van der Waals surface area contributed by atoms with Crippen molar-refractivity contribution in [2.75, 3.05) is 7.11 Å². The number of carbonyl (C=O) groups is 2. The van der Waals surface area contributed by atoms with Gasteiger partial charge in [-0.25, -0.2) is 8.78 Å². The van der Waals surface area contributed by atoms with Crippen molar-refractivity contribution >= 4 is 17.8 Å². The Morgan fingerprint density at radius 3 is 2.59 bits per heavy atom. The summed E-state index contributed by atoms with van der Waals surface area (Å²) in [5.41, 5.74) is 1.79. The first-order chi connectivity index (χ1) is 15.5. The van der Waals surface area contributed by atoms with Crippen LogP contribution in [0.5, 0.6) is 17.2 Å². The Morgan fingerprint density at radius 2 is 1.81 bits per heavy atom. The lowest BCUT2D eigenvalue weighted by Crippen LogP contribution is -2.21. The highest BCUT2D eigenvalue weighted by atomic mass is 19.2. The molecule has 0 saturated carbocycles. The van der Waals surface area contributed by atoms with Gasteiger partial charge in [-0.2, -0.15) is 0 Å². The van der Waals surface area contributed by atoms with E-state index in [9.17, 15) is 18.4 Å². The fraction of sp³-hybridized carbons (Fsp3) is 0.120. The Bertz CT molecular complexity index is 1310. The van der Waals surface area contributed by atoms with Crippen LogP contribution in [0.4, 0.5) is 8.78 Å². The lowest BCUT2D eigenvalue weighted by Gasteiger charge is -2.26. The molecule has 3 aromatic rings. The predicted octanol–water partition coefficient (Wildman–Crippen LogP) is 5.03. The minimum Gasteiger partial charge on any atom is -0.496 e. The van der Waals surface area contributed by atoms with E-state index in [-0.39, 0.29) is 29.5 Å². The molecular formula is C25H16F2O5. The molecule has 0 fully saturated rings. The number of ketones is 1. The number of methoxy groups -OCH3 is 1. The van der Waals surface area contributed by atoms with E-state index < -0.39 is 23.5 Å². The summed E-state index contributed by atoms with van der Waals surface area (Å²) < 4.78 is 44.0. The molecule has 2 aliphatic heterocycles. The number of allylic oxidation sites excluding steroid dienone is 1. The predicted molar refractivity (Wildman–Crippen MR) is 111 cm³/mol. The zero-order valence-electron chi connectivity index (χ0n) is 16.9. The van der Waals surface area contributed by atoms with Gasteiger partial charge in [0.05, 0.1) is 19.1 Å². The van der Waals surface area contributed by atoms with E-state index in [1.165, 1.54) is 25.3 Å². The molecule has 0 unspecified atom stereocenters. The summed E-state index contributed by atoms with van der Waals surface area (Å²) in [4.78, 5) is 25.2. The summed E-state index contributed by atoms with van der Waals surface area (Å²) in [7, 11) is 1.53. The van der Waals surface area contributed by atoms with Crippen LogP contribution in [0.2, 0.25) is 0 Å². The molecule has 2 aliphatic rings. The van der Waals surface area contributed by atoms with Gasteiger partial charge in [0.15, 0.2) is 17.4 Å². The summed E-state index contributed by atoms with van der Waals surface area (Å²) in [6, 6.07) is 13.7. The van der Waals surface area contributed by atoms with Crippen LogP contribution in [0.15, 0.2) is 60.4 Å². The maximum Gasteiger partial charge on any atom is 0.312 e. The first-order valence-electron chi connectivity index (χ1n) is 9.86. The van der Waals surface area contributed by atoms with Crippen molar-refractivity contribution in [1.29, 1.82) is 0 Å². The molecule has 3 aromatic carbocycles. The number of hydrogen-bond acceptors (Lipinski definition) is 5. The zero-order chi connectivity index (χ0) is 22.4. The molecule has 0 aromatic heterocycles. The van der Waals surface area contributed by atoms with Crippen LogP contribution >= 0.6 is 0 Å². The summed E-state index contributed by atoms with van der Waals surface area (Å²) in [6.07, 6.45) is 1.48. The number of rotatable bonds is 3. The SMILES string of the molecule is COc1ccccc1/C=C1\Oc2c(ccc3c2[C@@H](c2ccc(F)c(F)c2)CC(=O)O3)C1=O. The molecule has 7 heteroatoms. The van der Waals surface area contributed by atoms with E-state index in [0.29, 0.717) is 28.0 Å². The van der Waals surface area contributed by atoms with Crippen molar-refractivity contribution in [3.05, 3.63) is 94.2 Å². The second-order valence-electron chi connectivity index (χ2n) is 7.44. The zero-order valence-corrected chi connectivity index (χ0v) is 16.9. The lowest BCUT2D eigenvalue weighted by atomic mass is 9.84. The monoisotopic (exact) mass is 434 g/mol. The fourth-order valence-electron chi connectivity index (χ4n) is 4.05. The molecule has 2 heterocycles. The minimum atomic E-state index is -1.02. The quantitative estimate of drug-likeness (QED) is 0.329. The number of halogens is 2. The second kappa shape index (κ2) is 7.60. The number of Topliss-reactive ketones (excluding diaryl/α,β-unsaturated/α-hetero) is 1. The Kier molecular flexibility index (Phi) is 4.74. The molecule has 160 valence electrons. The molecule has 0 spiro atoms. The van der Waals surface area contributed by atoms with Crippen LogP contribution in [0, 0.1) is 11.6 Å². The van der Waals surface area contributed by atoms with Crippen LogP contribution in [0.3, 0.4) is 0 Å². The van der Waals surface area contributed by atoms with Gasteiger partial charge in [-0.15, -0.1) is 0 Å². The summed E-state index contributed by atoms with van der Waals surface area (Å²) >= 11 is 0. The van der Waals surface area contributed by atoms with Crippen LogP contribution in [0.1, 0.15) is 39.4 Å². The van der Waals surface area contributed by atoms with Crippen LogP contribution < -0.4 is 14.2 Å². The average molecular weight is 434 g/mol. The number of ether oxygens (including phenoxy) is 3. The van der Waals surface area contributed by atoms with E-state index in [1.54, 1.807) is 18.2 Å². The smallest absolute Gasteiger partial charge is 0.312 e. The molecule has 0 N–H and O–H groups in total. The van der Waals surface area contributed by atoms with E-state index in [0.717, 1.165) is 12.1 Å². The van der Waals surface area contributed by atoms with Crippen molar-refractivity contribution in [3.8, 4) is 17.2 Å². The van der Waals surface area contributed by atoms with Crippen molar-refractivity contribution in [2.24, 2.45) is 0 Å². The van der Waals surface area contributed by atoms with Crippen LogP contribution in [-0.4, -0.2) is 18.9 Å². The van der Waals surface area contributed by atoms with Crippen LogP contribution in [0.25, 0.3) is 6.08 Å². The molecule has 0 amide bonds. The lowest BCUT2D eigenvalue weighted by molar-refractivity contribution is -0.135. The molecule has 0 saturated heterocycles. The average Bonchev–Trinajstić information content (AvgIpc) is 3.10. The van der Waals surface area contributed by atoms with Gasteiger partial charge >= 0.3 is 5.97 Å². The third kappa shape index (κ3) is 3.22. The maximum absolute atomic E-state index is 13.9. The number of carbonyl (C=O) groups excluding carboxylic acids is 2. The number of esters is 1. The molecular weight excluding hydrogens is 418 g/mol. The largest absolute Gasteiger partial charge is 0.496 e. The van der Waals surface area contributed by atoms with Gasteiger partial charge in [0.25, 0.3) is 0 Å². The highest BCUT2D eigenvalue weighted by Gasteiger charge is 2.38. The van der Waals surface area contributed by atoms with Crippen LogP contribution in [-0.2, 0) is 4.79 Å². The summed E-state index contributed by atoms with van der Waals surface area (Å²) in [5, 5.41) is 0. The van der Waals surface area contributed by atoms with E-state index >= 15 is 0 Å². The maximum atomic E-state index is 13.9. The van der Waals surface area contributed by atoms with E-state index in [4.69, 9.17) is 14.2 Å². The Labute approximate surface area is 181 Å². The van der Waals surface area contributed by atoms with Gasteiger partial charge in [0, 0.05) is 17.0 Å². The number of para-hydroxylation sites is 1. The van der Waals surface area contributed by atoms with Crippen molar-refractivity contribution in [2.45, 2.75) is 12.3 Å². The fourth-order valence-corrected chi connectivity index (χ4v) is 4.05. The van der Waals surface area contributed by atoms with Gasteiger partial charge in [0.1, 0.15) is 17.2 Å². The molecule has 0 aliphatic carbocycles. The third-order valence-electron chi connectivity index (χ3n) is 5.55. The van der Waals surface area contributed by atoms with Gasteiger partial charge in [0.2, 0.25) is 5.78 Å². The highest BCUT2D eigenvalue weighted by Crippen LogP contribution is 2.49. The topological polar surface area (TPSA) is 61.8 Å². The highest BCUT2D eigenvalue weighted by molar-refractivity contribution is 6.15. The number of hydrogen-bond donors (Lipinski definition) is 0. The van der Waals surface area contributed by atoms with Gasteiger partial charge in [-0.1, -0.05) is 24.3 Å². The standard InChI is InChI=1S/C25H16F2O5/c1-30-19-5-3-2-4-14(19)11-21-24(29)15-7-9-20-23(25(15)32-21)16(12-22(28)31-20)13-6-8-17(26)18(27)10-13/h2-11,16H,12H2,1H3/b21-11-/t16-/m1/s1. The minimum absolute atomic E-state index is 0.0823. The van der Waals surface area contributed by atoms with Gasteiger partial charge < -0.3 is 14.2 Å². The summed E-state index contributed by atoms with van der Waals surface area (Å²) in [5.74, 6) is -2.40. The molecule has 5 rings (SSSR count). The van der Waals surface area contributed by atoms with E-state index in [2.05, 4.69) is 0 Å². The normalized spacial score (nSPS) is 18.1. The third-order valence-corrected chi connectivity index (χ3v) is 5.55. The van der Waals surface area contributed by atoms with Gasteiger partial charge in [-0.3, -0.25) is 9.59 Å². The van der Waals surface area contributed by atoms with Crippen molar-refractivity contribution in [1.82, 2.24) is 0 Å². The molecule has 5 nitrogen and oxygen atoms in total. The molecule has 0 radical (unpaired) electrons. The number of fused-ring (bicyclic) bond motifs is 3. The van der Waals surface area contributed by atoms with E-state index in [1.807, 2.05) is 12.1 Å². The molecule has 32 heavy (non-hydrogen) atoms. The molecule has 1 atom stereocenters.